The first-order chi connectivity index (χ1) is 7.68. The summed E-state index contributed by atoms with van der Waals surface area (Å²) >= 11 is 0. The van der Waals surface area contributed by atoms with Crippen LogP contribution in [0.25, 0.3) is 0 Å². The van der Waals surface area contributed by atoms with E-state index in [2.05, 4.69) is 20.8 Å². The Morgan fingerprint density at radius 2 is 1.12 bits per heavy atom. The maximum atomic E-state index is 10.1. The van der Waals surface area contributed by atoms with Crippen molar-refractivity contribution in [3.63, 3.8) is 0 Å². The molecule has 0 spiro atoms. The molecule has 0 radical (unpaired) electrons. The van der Waals surface area contributed by atoms with Crippen LogP contribution < -0.4 is 0 Å². The van der Waals surface area contributed by atoms with Crippen LogP contribution in [0.4, 0.5) is 0 Å². The number of rotatable bonds is 11. The molecule has 98 valence electrons. The molecule has 16 heavy (non-hydrogen) atoms. The van der Waals surface area contributed by atoms with Crippen LogP contribution in [-0.2, 0) is 0 Å². The van der Waals surface area contributed by atoms with E-state index in [1.807, 2.05) is 0 Å². The van der Waals surface area contributed by atoms with E-state index in [-0.39, 0.29) is 5.60 Å². The zero-order valence-electron chi connectivity index (χ0n) is 11.7. The molecule has 0 saturated carbocycles. The Hall–Kier alpha value is -0.0400. The molecule has 0 amide bonds. The summed E-state index contributed by atoms with van der Waals surface area (Å²) in [6, 6.07) is 0. The van der Waals surface area contributed by atoms with Gasteiger partial charge in [0.05, 0.1) is 5.60 Å². The van der Waals surface area contributed by atoms with Crippen molar-refractivity contribution in [2.24, 2.45) is 0 Å². The zero-order chi connectivity index (χ0) is 12.3. The highest BCUT2D eigenvalue weighted by Crippen LogP contribution is 2.22. The lowest BCUT2D eigenvalue weighted by Gasteiger charge is -2.24. The lowest BCUT2D eigenvalue weighted by Crippen LogP contribution is -2.26. The van der Waals surface area contributed by atoms with E-state index in [0.717, 1.165) is 19.3 Å². The predicted octanol–water partition coefficient (Wildman–Crippen LogP) is 5.07. The van der Waals surface area contributed by atoms with Crippen LogP contribution in [0, 0.1) is 0 Å². The lowest BCUT2D eigenvalue weighted by molar-refractivity contribution is 0.0211. The van der Waals surface area contributed by atoms with Crippen LogP contribution in [0.1, 0.15) is 91.4 Å². The van der Waals surface area contributed by atoms with Gasteiger partial charge in [0.1, 0.15) is 0 Å². The Morgan fingerprint density at radius 3 is 1.56 bits per heavy atom. The highest BCUT2D eigenvalue weighted by atomic mass is 16.3. The molecule has 0 aromatic rings. The summed E-state index contributed by atoms with van der Waals surface area (Å²) < 4.78 is 0. The summed E-state index contributed by atoms with van der Waals surface area (Å²) in [5, 5.41) is 10.1. The molecule has 0 aliphatic carbocycles. The molecule has 0 bridgehead atoms. The van der Waals surface area contributed by atoms with Gasteiger partial charge >= 0.3 is 0 Å². The number of unbranched alkanes of at least 4 members (excludes halogenated alkanes) is 7. The smallest absolute Gasteiger partial charge is 0.0642 e. The summed E-state index contributed by atoms with van der Waals surface area (Å²) in [5.41, 5.74) is -0.373. The molecule has 0 atom stereocenters. The molecule has 0 aromatic heterocycles. The highest BCUT2D eigenvalue weighted by Gasteiger charge is 2.20. The van der Waals surface area contributed by atoms with Crippen molar-refractivity contribution in [3.8, 4) is 0 Å². The Morgan fingerprint density at radius 1 is 0.688 bits per heavy atom. The summed E-state index contributed by atoms with van der Waals surface area (Å²) in [5.74, 6) is 0. The van der Waals surface area contributed by atoms with Crippen molar-refractivity contribution in [3.05, 3.63) is 0 Å². The van der Waals surface area contributed by atoms with Crippen molar-refractivity contribution >= 4 is 0 Å². The molecule has 1 heteroatoms. The molecule has 0 rings (SSSR count). The highest BCUT2D eigenvalue weighted by molar-refractivity contribution is 4.74. The standard InChI is InChI=1S/C15H32O/c1-4-7-8-9-10-11-12-13-14-15(16,5-2)6-3/h16H,4-14H2,1-3H3. The molecule has 0 saturated heterocycles. The molecule has 0 aromatic carbocycles. The third kappa shape index (κ3) is 8.15. The van der Waals surface area contributed by atoms with E-state index in [1.165, 1.54) is 51.4 Å². The van der Waals surface area contributed by atoms with Gasteiger partial charge in [0.15, 0.2) is 0 Å². The minimum absolute atomic E-state index is 0.373. The van der Waals surface area contributed by atoms with Gasteiger partial charge in [-0.05, 0) is 19.3 Å². The van der Waals surface area contributed by atoms with Gasteiger partial charge in [0.25, 0.3) is 0 Å². The maximum absolute atomic E-state index is 10.1. The average molecular weight is 228 g/mol. The minimum atomic E-state index is -0.373. The second kappa shape index (κ2) is 10.1. The summed E-state index contributed by atoms with van der Waals surface area (Å²) in [6.07, 6.45) is 13.6. The van der Waals surface area contributed by atoms with Crippen molar-refractivity contribution in [1.82, 2.24) is 0 Å². The monoisotopic (exact) mass is 228 g/mol. The van der Waals surface area contributed by atoms with Crippen LogP contribution in [0.5, 0.6) is 0 Å². The topological polar surface area (TPSA) is 20.2 Å². The van der Waals surface area contributed by atoms with Gasteiger partial charge in [-0.3, -0.25) is 0 Å². The molecule has 1 nitrogen and oxygen atoms in total. The van der Waals surface area contributed by atoms with Crippen LogP contribution in [0.2, 0.25) is 0 Å². The van der Waals surface area contributed by atoms with Gasteiger partial charge in [-0.15, -0.1) is 0 Å². The van der Waals surface area contributed by atoms with Gasteiger partial charge < -0.3 is 5.11 Å². The zero-order valence-corrected chi connectivity index (χ0v) is 11.7. The molecule has 0 fully saturated rings. The summed E-state index contributed by atoms with van der Waals surface area (Å²) in [6.45, 7) is 6.44. The van der Waals surface area contributed by atoms with E-state index < -0.39 is 0 Å². The predicted molar refractivity (Wildman–Crippen MR) is 72.8 cm³/mol. The summed E-state index contributed by atoms with van der Waals surface area (Å²) in [7, 11) is 0. The van der Waals surface area contributed by atoms with Crippen molar-refractivity contribution in [1.29, 1.82) is 0 Å². The molecular formula is C15H32O. The quantitative estimate of drug-likeness (QED) is 0.490. The lowest BCUT2D eigenvalue weighted by atomic mass is 9.90. The van der Waals surface area contributed by atoms with Gasteiger partial charge in [0.2, 0.25) is 0 Å². The second-order valence-electron chi connectivity index (χ2n) is 5.16. The van der Waals surface area contributed by atoms with Crippen LogP contribution in [0.15, 0.2) is 0 Å². The Bertz CT molecular complexity index is 138. The van der Waals surface area contributed by atoms with E-state index in [1.54, 1.807) is 0 Å². The minimum Gasteiger partial charge on any atom is -0.390 e. The first kappa shape index (κ1) is 16.0. The van der Waals surface area contributed by atoms with Gasteiger partial charge in [-0.1, -0.05) is 72.1 Å². The Labute approximate surface area is 103 Å². The van der Waals surface area contributed by atoms with Gasteiger partial charge in [-0.25, -0.2) is 0 Å². The normalized spacial score (nSPS) is 12.0. The molecule has 0 aliphatic rings. The van der Waals surface area contributed by atoms with E-state index in [0.29, 0.717) is 0 Å². The van der Waals surface area contributed by atoms with Gasteiger partial charge in [-0.2, -0.15) is 0 Å². The van der Waals surface area contributed by atoms with E-state index in [4.69, 9.17) is 0 Å². The number of hydrogen-bond donors (Lipinski definition) is 1. The molecule has 0 aliphatic heterocycles. The van der Waals surface area contributed by atoms with Crippen molar-refractivity contribution < 1.29 is 5.11 Å². The largest absolute Gasteiger partial charge is 0.390 e. The molecular weight excluding hydrogens is 196 g/mol. The van der Waals surface area contributed by atoms with Crippen LogP contribution in [-0.4, -0.2) is 10.7 Å². The number of hydrogen-bond acceptors (Lipinski definition) is 1. The van der Waals surface area contributed by atoms with Gasteiger partial charge in [0, 0.05) is 0 Å². The Balaban J connectivity index is 3.26. The first-order valence-electron chi connectivity index (χ1n) is 7.41. The fraction of sp³-hybridized carbons (Fsp3) is 1.00. The van der Waals surface area contributed by atoms with Crippen molar-refractivity contribution in [2.75, 3.05) is 0 Å². The fourth-order valence-corrected chi connectivity index (χ4v) is 2.19. The second-order valence-corrected chi connectivity index (χ2v) is 5.16. The van der Waals surface area contributed by atoms with Crippen LogP contribution in [0.3, 0.4) is 0 Å². The average Bonchev–Trinajstić information content (AvgIpc) is 2.32. The maximum Gasteiger partial charge on any atom is 0.0642 e. The fourth-order valence-electron chi connectivity index (χ4n) is 2.19. The molecule has 0 heterocycles. The number of aliphatic hydroxyl groups is 1. The third-order valence-electron chi connectivity index (χ3n) is 3.81. The van der Waals surface area contributed by atoms with E-state index in [9.17, 15) is 5.11 Å². The molecule has 0 unspecified atom stereocenters. The summed E-state index contributed by atoms with van der Waals surface area (Å²) in [4.78, 5) is 0. The third-order valence-corrected chi connectivity index (χ3v) is 3.81. The Kier molecular flexibility index (Phi) is 10.1. The SMILES string of the molecule is CCCCCCCCCCC(O)(CC)CC. The van der Waals surface area contributed by atoms with Crippen molar-refractivity contribution in [2.45, 2.75) is 97.0 Å². The first-order valence-corrected chi connectivity index (χ1v) is 7.41. The van der Waals surface area contributed by atoms with Crippen LogP contribution >= 0.6 is 0 Å². The van der Waals surface area contributed by atoms with E-state index >= 15 is 0 Å². The molecule has 1 N–H and O–H groups in total.